The Labute approximate surface area is 152 Å². The second kappa shape index (κ2) is 8.97. The maximum absolute atomic E-state index is 12.1. The zero-order valence-corrected chi connectivity index (χ0v) is 15.2. The highest BCUT2D eigenvalue weighted by molar-refractivity contribution is 7.09. The lowest BCUT2D eigenvalue weighted by Crippen LogP contribution is -2.23. The number of ether oxygens (including phenoxy) is 1. The third kappa shape index (κ3) is 5.28. The molecule has 134 valence electrons. The number of aromatic nitrogens is 1. The molecule has 1 aliphatic carbocycles. The second-order valence-corrected chi connectivity index (χ2v) is 7.31. The van der Waals surface area contributed by atoms with Gasteiger partial charge >= 0.3 is 0 Å². The molecule has 0 saturated heterocycles. The molecule has 5 nitrogen and oxygen atoms in total. The van der Waals surface area contributed by atoms with Gasteiger partial charge in [0.15, 0.2) is 0 Å². The zero-order chi connectivity index (χ0) is 17.5. The van der Waals surface area contributed by atoms with Gasteiger partial charge in [-0.25, -0.2) is 4.98 Å². The van der Waals surface area contributed by atoms with E-state index in [0.29, 0.717) is 31.3 Å². The summed E-state index contributed by atoms with van der Waals surface area (Å²) in [6.45, 7) is 1.02. The monoisotopic (exact) mass is 359 g/mol. The van der Waals surface area contributed by atoms with Crippen LogP contribution in [0.15, 0.2) is 29.6 Å². The smallest absolute Gasteiger partial charge is 0.271 e. The van der Waals surface area contributed by atoms with Gasteiger partial charge in [0.1, 0.15) is 11.4 Å². The van der Waals surface area contributed by atoms with Crippen LogP contribution in [0.1, 0.15) is 53.2 Å². The van der Waals surface area contributed by atoms with Crippen molar-refractivity contribution in [3.05, 3.63) is 45.9 Å². The van der Waals surface area contributed by atoms with Crippen LogP contribution in [0.2, 0.25) is 0 Å². The maximum Gasteiger partial charge on any atom is 0.271 e. The van der Waals surface area contributed by atoms with Gasteiger partial charge in [-0.15, -0.1) is 11.3 Å². The molecule has 1 heterocycles. The molecule has 1 saturated carbocycles. The number of nitrogens with zero attached hydrogens (tertiary/aromatic N) is 1. The molecule has 3 rings (SSSR count). The molecule has 1 aromatic carbocycles. The van der Waals surface area contributed by atoms with Gasteiger partial charge < -0.3 is 15.8 Å². The number of rotatable bonds is 7. The largest absolute Gasteiger partial charge is 0.490 e. The quantitative estimate of drug-likeness (QED) is 0.795. The van der Waals surface area contributed by atoms with E-state index in [1.165, 1.54) is 30.6 Å². The zero-order valence-electron chi connectivity index (χ0n) is 14.4. The van der Waals surface area contributed by atoms with Crippen LogP contribution in [0.3, 0.4) is 0 Å². The van der Waals surface area contributed by atoms with Crippen molar-refractivity contribution in [2.75, 3.05) is 6.54 Å². The molecule has 3 N–H and O–H groups in total. The fourth-order valence-electron chi connectivity index (χ4n) is 2.99. The highest BCUT2D eigenvalue weighted by Crippen LogP contribution is 2.23. The number of carbonyl (C=O) groups excluding carboxylic acids is 1. The summed E-state index contributed by atoms with van der Waals surface area (Å²) in [6.07, 6.45) is 7.21. The molecule has 1 aromatic heterocycles. The maximum atomic E-state index is 12.1. The van der Waals surface area contributed by atoms with E-state index in [1.54, 1.807) is 5.38 Å². The van der Waals surface area contributed by atoms with E-state index in [0.717, 1.165) is 29.2 Å². The van der Waals surface area contributed by atoms with Gasteiger partial charge in [0.25, 0.3) is 5.91 Å². The number of thiazole rings is 1. The summed E-state index contributed by atoms with van der Waals surface area (Å²) >= 11 is 1.47. The predicted molar refractivity (Wildman–Crippen MR) is 100.0 cm³/mol. The van der Waals surface area contributed by atoms with Gasteiger partial charge in [-0.2, -0.15) is 0 Å². The van der Waals surface area contributed by atoms with E-state index < -0.39 is 0 Å². The minimum absolute atomic E-state index is 0.151. The fraction of sp³-hybridized carbons (Fsp3) is 0.474. The highest BCUT2D eigenvalue weighted by atomic mass is 32.1. The number of nitrogens with two attached hydrogens (primary N) is 1. The van der Waals surface area contributed by atoms with Crippen LogP contribution >= 0.6 is 11.3 Å². The molecule has 6 heteroatoms. The van der Waals surface area contributed by atoms with Crippen molar-refractivity contribution >= 4 is 17.2 Å². The van der Waals surface area contributed by atoms with E-state index in [4.69, 9.17) is 10.5 Å². The summed E-state index contributed by atoms with van der Waals surface area (Å²) in [5.41, 5.74) is 7.01. The normalized spacial score (nSPS) is 15.1. The van der Waals surface area contributed by atoms with Crippen molar-refractivity contribution in [1.82, 2.24) is 10.3 Å². The van der Waals surface area contributed by atoms with Gasteiger partial charge in [-0.3, -0.25) is 4.79 Å². The van der Waals surface area contributed by atoms with Gasteiger partial charge in [-0.05, 0) is 49.9 Å². The summed E-state index contributed by atoms with van der Waals surface area (Å²) in [5, 5.41) is 5.58. The van der Waals surface area contributed by atoms with Crippen LogP contribution in [-0.2, 0) is 13.0 Å². The molecule has 1 amide bonds. The van der Waals surface area contributed by atoms with Crippen LogP contribution in [0, 0.1) is 0 Å². The van der Waals surface area contributed by atoms with E-state index in [9.17, 15) is 4.79 Å². The number of hydrogen-bond acceptors (Lipinski definition) is 5. The van der Waals surface area contributed by atoms with Crippen LogP contribution in [0.25, 0.3) is 0 Å². The number of carbonyl (C=O) groups is 1. The van der Waals surface area contributed by atoms with Crippen molar-refractivity contribution in [3.63, 3.8) is 0 Å². The van der Waals surface area contributed by atoms with Gasteiger partial charge in [0.2, 0.25) is 0 Å². The average molecular weight is 359 g/mol. The fourth-order valence-corrected chi connectivity index (χ4v) is 3.78. The van der Waals surface area contributed by atoms with Crippen molar-refractivity contribution in [1.29, 1.82) is 0 Å². The Kier molecular flexibility index (Phi) is 6.42. The SMILES string of the molecule is NCCc1nc(C(=O)NCc2ccc(OC3CCCCC3)cc2)cs1. The summed E-state index contributed by atoms with van der Waals surface area (Å²) < 4.78 is 6.02. The van der Waals surface area contributed by atoms with Crippen molar-refractivity contribution in [2.45, 2.75) is 51.2 Å². The Bertz CT molecular complexity index is 678. The first-order valence-corrected chi connectivity index (χ1v) is 9.81. The third-order valence-electron chi connectivity index (χ3n) is 4.37. The number of benzene rings is 1. The van der Waals surface area contributed by atoms with Crippen LogP contribution in [0.5, 0.6) is 5.75 Å². The van der Waals surface area contributed by atoms with Crippen LogP contribution in [0.4, 0.5) is 0 Å². The summed E-state index contributed by atoms with van der Waals surface area (Å²) in [4.78, 5) is 16.4. The van der Waals surface area contributed by atoms with Crippen LogP contribution < -0.4 is 15.8 Å². The number of amides is 1. The molecule has 0 bridgehead atoms. The third-order valence-corrected chi connectivity index (χ3v) is 5.28. The lowest BCUT2D eigenvalue weighted by molar-refractivity contribution is 0.0946. The van der Waals surface area contributed by atoms with E-state index in [-0.39, 0.29) is 5.91 Å². The standard InChI is InChI=1S/C19H25N3O2S/c20-11-10-18-22-17(13-25-18)19(23)21-12-14-6-8-16(9-7-14)24-15-4-2-1-3-5-15/h6-9,13,15H,1-5,10-12,20H2,(H,21,23). The number of nitrogens with one attached hydrogen (secondary N) is 1. The molecule has 0 atom stereocenters. The summed E-state index contributed by atoms with van der Waals surface area (Å²) in [5.74, 6) is 0.759. The lowest BCUT2D eigenvalue weighted by Gasteiger charge is -2.23. The van der Waals surface area contributed by atoms with E-state index in [2.05, 4.69) is 10.3 Å². The predicted octanol–water partition coefficient (Wildman–Crippen LogP) is 3.29. The average Bonchev–Trinajstić information content (AvgIpc) is 3.11. The summed E-state index contributed by atoms with van der Waals surface area (Å²) in [6, 6.07) is 7.97. The molecular weight excluding hydrogens is 334 g/mol. The first kappa shape index (κ1) is 17.9. The summed E-state index contributed by atoms with van der Waals surface area (Å²) in [7, 11) is 0. The van der Waals surface area contributed by atoms with Crippen molar-refractivity contribution in [2.24, 2.45) is 5.73 Å². The Morgan fingerprint density at radius 1 is 1.24 bits per heavy atom. The van der Waals surface area contributed by atoms with Crippen molar-refractivity contribution in [3.8, 4) is 5.75 Å². The van der Waals surface area contributed by atoms with Crippen molar-refractivity contribution < 1.29 is 9.53 Å². The Morgan fingerprint density at radius 2 is 2.00 bits per heavy atom. The van der Waals surface area contributed by atoms with E-state index in [1.807, 2.05) is 24.3 Å². The van der Waals surface area contributed by atoms with E-state index >= 15 is 0 Å². The molecule has 0 aliphatic heterocycles. The molecule has 0 unspecified atom stereocenters. The molecule has 25 heavy (non-hydrogen) atoms. The Morgan fingerprint density at radius 3 is 2.72 bits per heavy atom. The molecule has 0 radical (unpaired) electrons. The molecule has 2 aromatic rings. The number of hydrogen-bond donors (Lipinski definition) is 2. The second-order valence-electron chi connectivity index (χ2n) is 6.37. The van der Waals surface area contributed by atoms with Gasteiger partial charge in [0.05, 0.1) is 11.1 Å². The highest BCUT2D eigenvalue weighted by Gasteiger charge is 2.15. The Hall–Kier alpha value is -1.92. The topological polar surface area (TPSA) is 77.2 Å². The molecular formula is C19H25N3O2S. The molecule has 0 spiro atoms. The minimum Gasteiger partial charge on any atom is -0.490 e. The lowest BCUT2D eigenvalue weighted by atomic mass is 9.98. The molecule has 1 fully saturated rings. The minimum atomic E-state index is -0.151. The van der Waals surface area contributed by atoms with Crippen LogP contribution in [-0.4, -0.2) is 23.5 Å². The first-order valence-electron chi connectivity index (χ1n) is 8.93. The first-order chi connectivity index (χ1) is 12.2. The van der Waals surface area contributed by atoms with Gasteiger partial charge in [0, 0.05) is 18.3 Å². The van der Waals surface area contributed by atoms with Gasteiger partial charge in [-0.1, -0.05) is 18.6 Å². The molecule has 1 aliphatic rings. The Balaban J connectivity index is 1.48.